The van der Waals surface area contributed by atoms with Crippen LogP contribution in [0.5, 0.6) is 0 Å². The molecular formula is C22H21N3O3. The monoisotopic (exact) mass is 375 g/mol. The van der Waals surface area contributed by atoms with Crippen molar-refractivity contribution in [2.75, 3.05) is 7.05 Å². The number of benzene rings is 2. The lowest BCUT2D eigenvalue weighted by Gasteiger charge is -2.23. The van der Waals surface area contributed by atoms with Gasteiger partial charge in [-0.1, -0.05) is 30.3 Å². The summed E-state index contributed by atoms with van der Waals surface area (Å²) in [5.41, 5.74) is 1.26. The largest absolute Gasteiger partial charge is 0.459 e. The zero-order valence-electron chi connectivity index (χ0n) is 15.8. The summed E-state index contributed by atoms with van der Waals surface area (Å²) in [6, 6.07) is 16.7. The van der Waals surface area contributed by atoms with Gasteiger partial charge >= 0.3 is 0 Å². The first-order chi connectivity index (χ1) is 13.5. The zero-order chi connectivity index (χ0) is 19.7. The fraction of sp³-hybridized carbons (Fsp3) is 0.227. The molecule has 1 N–H and O–H groups in total. The van der Waals surface area contributed by atoms with Gasteiger partial charge in [-0.15, -0.1) is 0 Å². The molecule has 1 amide bonds. The van der Waals surface area contributed by atoms with Crippen molar-refractivity contribution in [3.63, 3.8) is 0 Å². The molecule has 0 aliphatic heterocycles. The quantitative estimate of drug-likeness (QED) is 0.575. The number of furan rings is 1. The third-order valence-electron chi connectivity index (χ3n) is 5.07. The van der Waals surface area contributed by atoms with Crippen LogP contribution in [0.4, 0.5) is 0 Å². The van der Waals surface area contributed by atoms with Crippen molar-refractivity contribution >= 4 is 27.8 Å². The molecule has 6 nitrogen and oxygen atoms in total. The Morgan fingerprint density at radius 2 is 1.93 bits per heavy atom. The molecule has 28 heavy (non-hydrogen) atoms. The zero-order valence-corrected chi connectivity index (χ0v) is 15.8. The van der Waals surface area contributed by atoms with E-state index in [-0.39, 0.29) is 23.9 Å². The smallest absolute Gasteiger partial charge is 0.258 e. The Balaban J connectivity index is 1.46. The maximum absolute atomic E-state index is 12.7. The topological polar surface area (TPSA) is 79.2 Å². The second-order valence-corrected chi connectivity index (χ2v) is 6.90. The number of hydrogen-bond donors (Lipinski definition) is 1. The standard InChI is InChI=1S/C22H21N3O3/c1-14(19-13-15-7-3-6-10-18(15)28-19)25(2)21(26)12-11-20-23-17-9-5-4-8-16(17)22(27)24-20/h3-10,13-14H,11-12H2,1-2H3,(H,23,24,27). The molecule has 4 aromatic rings. The Bertz CT molecular complexity index is 1180. The van der Waals surface area contributed by atoms with E-state index >= 15 is 0 Å². The fourth-order valence-electron chi connectivity index (χ4n) is 3.27. The van der Waals surface area contributed by atoms with Crippen LogP contribution in [-0.2, 0) is 11.2 Å². The van der Waals surface area contributed by atoms with Gasteiger partial charge in [-0.05, 0) is 31.2 Å². The first-order valence-corrected chi connectivity index (χ1v) is 9.25. The summed E-state index contributed by atoms with van der Waals surface area (Å²) in [4.78, 5) is 33.7. The highest BCUT2D eigenvalue weighted by Gasteiger charge is 2.21. The van der Waals surface area contributed by atoms with E-state index in [0.717, 1.165) is 16.7 Å². The van der Waals surface area contributed by atoms with E-state index in [2.05, 4.69) is 9.97 Å². The molecule has 6 heteroatoms. The van der Waals surface area contributed by atoms with Crippen LogP contribution >= 0.6 is 0 Å². The molecule has 0 fully saturated rings. The number of aromatic nitrogens is 2. The molecule has 0 aliphatic carbocycles. The number of fused-ring (bicyclic) bond motifs is 2. The summed E-state index contributed by atoms with van der Waals surface area (Å²) in [5.74, 6) is 1.22. The van der Waals surface area contributed by atoms with E-state index in [1.165, 1.54) is 0 Å². The van der Waals surface area contributed by atoms with Gasteiger partial charge in [0.1, 0.15) is 17.2 Å². The number of para-hydroxylation sites is 2. The molecule has 0 saturated carbocycles. The van der Waals surface area contributed by atoms with Crippen LogP contribution in [0.1, 0.15) is 31.0 Å². The molecule has 0 bridgehead atoms. The van der Waals surface area contributed by atoms with Crippen molar-refractivity contribution < 1.29 is 9.21 Å². The number of nitrogens with zero attached hydrogens (tertiary/aromatic N) is 2. The van der Waals surface area contributed by atoms with Gasteiger partial charge in [0.2, 0.25) is 5.91 Å². The number of amides is 1. The highest BCUT2D eigenvalue weighted by atomic mass is 16.3. The molecule has 4 rings (SSSR count). The van der Waals surface area contributed by atoms with Crippen molar-refractivity contribution in [3.05, 3.63) is 76.5 Å². The fourth-order valence-corrected chi connectivity index (χ4v) is 3.27. The van der Waals surface area contributed by atoms with Gasteiger partial charge in [0.05, 0.1) is 16.9 Å². The van der Waals surface area contributed by atoms with E-state index in [0.29, 0.717) is 23.1 Å². The Morgan fingerprint density at radius 3 is 2.75 bits per heavy atom. The Kier molecular flexibility index (Phi) is 4.69. The van der Waals surface area contributed by atoms with Crippen LogP contribution in [-0.4, -0.2) is 27.8 Å². The van der Waals surface area contributed by atoms with Crippen LogP contribution in [0.3, 0.4) is 0 Å². The number of H-pyrrole nitrogens is 1. The van der Waals surface area contributed by atoms with Crippen LogP contribution in [0.25, 0.3) is 21.9 Å². The minimum atomic E-state index is -0.191. The Labute approximate surface area is 161 Å². The summed E-state index contributed by atoms with van der Waals surface area (Å²) in [7, 11) is 1.76. The Morgan fingerprint density at radius 1 is 1.18 bits per heavy atom. The van der Waals surface area contributed by atoms with E-state index in [1.807, 2.05) is 43.3 Å². The van der Waals surface area contributed by atoms with Crippen molar-refractivity contribution in [3.8, 4) is 0 Å². The molecule has 2 aromatic heterocycles. The van der Waals surface area contributed by atoms with Crippen LogP contribution < -0.4 is 5.56 Å². The van der Waals surface area contributed by atoms with Gasteiger partial charge in [-0.25, -0.2) is 4.98 Å². The van der Waals surface area contributed by atoms with Crippen LogP contribution in [0.2, 0.25) is 0 Å². The molecule has 2 aromatic carbocycles. The second-order valence-electron chi connectivity index (χ2n) is 6.90. The number of rotatable bonds is 5. The first-order valence-electron chi connectivity index (χ1n) is 9.25. The maximum Gasteiger partial charge on any atom is 0.258 e. The molecule has 142 valence electrons. The van der Waals surface area contributed by atoms with E-state index < -0.39 is 0 Å². The Hall–Kier alpha value is -3.41. The summed E-state index contributed by atoms with van der Waals surface area (Å²) >= 11 is 0. The lowest BCUT2D eigenvalue weighted by Crippen LogP contribution is -2.30. The number of carbonyl (C=O) groups excluding carboxylic acids is 1. The lowest BCUT2D eigenvalue weighted by molar-refractivity contribution is -0.132. The van der Waals surface area contributed by atoms with E-state index in [4.69, 9.17) is 4.42 Å². The highest BCUT2D eigenvalue weighted by Crippen LogP contribution is 2.27. The van der Waals surface area contributed by atoms with E-state index in [1.54, 1.807) is 30.1 Å². The van der Waals surface area contributed by atoms with Gasteiger partial charge in [0.15, 0.2) is 0 Å². The average molecular weight is 375 g/mol. The minimum absolute atomic E-state index is 0.0382. The first kappa shape index (κ1) is 18.0. The maximum atomic E-state index is 12.7. The van der Waals surface area contributed by atoms with Gasteiger partial charge in [-0.3, -0.25) is 9.59 Å². The predicted molar refractivity (Wildman–Crippen MR) is 108 cm³/mol. The molecule has 0 spiro atoms. The SMILES string of the molecule is CC(c1cc2ccccc2o1)N(C)C(=O)CCc1nc2ccccc2c(=O)[nH]1. The van der Waals surface area contributed by atoms with Crippen molar-refractivity contribution in [2.24, 2.45) is 0 Å². The van der Waals surface area contributed by atoms with Crippen LogP contribution in [0.15, 0.2) is 63.8 Å². The second kappa shape index (κ2) is 7.31. The molecule has 1 unspecified atom stereocenters. The third kappa shape index (κ3) is 3.41. The average Bonchev–Trinajstić information content (AvgIpc) is 3.15. The van der Waals surface area contributed by atoms with Crippen LogP contribution in [0, 0.1) is 0 Å². The minimum Gasteiger partial charge on any atom is -0.459 e. The van der Waals surface area contributed by atoms with Gasteiger partial charge in [-0.2, -0.15) is 0 Å². The molecule has 2 heterocycles. The molecule has 0 aliphatic rings. The third-order valence-corrected chi connectivity index (χ3v) is 5.07. The number of aromatic amines is 1. The van der Waals surface area contributed by atoms with Crippen molar-refractivity contribution in [2.45, 2.75) is 25.8 Å². The normalized spacial score (nSPS) is 12.4. The molecule has 1 atom stereocenters. The summed E-state index contributed by atoms with van der Waals surface area (Å²) in [5, 5.41) is 1.57. The van der Waals surface area contributed by atoms with Gasteiger partial charge in [0, 0.05) is 25.3 Å². The van der Waals surface area contributed by atoms with Gasteiger partial charge < -0.3 is 14.3 Å². The molecular weight excluding hydrogens is 354 g/mol. The highest BCUT2D eigenvalue weighted by molar-refractivity contribution is 5.79. The predicted octanol–water partition coefficient (Wildman–Crippen LogP) is 3.82. The number of aryl methyl sites for hydroxylation is 1. The molecule has 0 radical (unpaired) electrons. The summed E-state index contributed by atoms with van der Waals surface area (Å²) < 4.78 is 5.87. The van der Waals surface area contributed by atoms with Gasteiger partial charge in [0.25, 0.3) is 5.56 Å². The van der Waals surface area contributed by atoms with Crippen molar-refractivity contribution in [1.29, 1.82) is 0 Å². The summed E-state index contributed by atoms with van der Waals surface area (Å²) in [6.45, 7) is 1.94. The number of carbonyl (C=O) groups is 1. The number of nitrogens with one attached hydrogen (secondary N) is 1. The van der Waals surface area contributed by atoms with E-state index in [9.17, 15) is 9.59 Å². The van der Waals surface area contributed by atoms with Crippen molar-refractivity contribution in [1.82, 2.24) is 14.9 Å². The number of hydrogen-bond acceptors (Lipinski definition) is 4. The summed E-state index contributed by atoms with van der Waals surface area (Å²) in [6.07, 6.45) is 0.623. The lowest BCUT2D eigenvalue weighted by atomic mass is 10.1. The molecule has 0 saturated heterocycles.